The number of fused-ring (bicyclic) bond motifs is 1. The lowest BCUT2D eigenvalue weighted by atomic mass is 9.90. The lowest BCUT2D eigenvalue weighted by Gasteiger charge is -2.19. The zero-order valence-electron chi connectivity index (χ0n) is 11.7. The van der Waals surface area contributed by atoms with Crippen molar-refractivity contribution in [3.63, 3.8) is 0 Å². The maximum atomic E-state index is 12.1. The molecule has 2 heterocycles. The predicted molar refractivity (Wildman–Crippen MR) is 84.1 cm³/mol. The van der Waals surface area contributed by atoms with Crippen molar-refractivity contribution in [2.75, 3.05) is 6.54 Å². The van der Waals surface area contributed by atoms with Crippen LogP contribution in [-0.4, -0.2) is 22.4 Å². The van der Waals surface area contributed by atoms with Crippen LogP contribution in [0.5, 0.6) is 0 Å². The summed E-state index contributed by atoms with van der Waals surface area (Å²) in [4.78, 5) is 22.1. The van der Waals surface area contributed by atoms with Crippen molar-refractivity contribution in [3.8, 4) is 10.6 Å². The van der Waals surface area contributed by atoms with Crippen LogP contribution in [0.3, 0.4) is 0 Å². The molecule has 0 saturated carbocycles. The fourth-order valence-electron chi connectivity index (χ4n) is 2.53. The smallest absolute Gasteiger partial charge is 0.223 e. The van der Waals surface area contributed by atoms with E-state index in [1.54, 1.807) is 23.6 Å². The van der Waals surface area contributed by atoms with Gasteiger partial charge in [-0.3, -0.25) is 9.78 Å². The summed E-state index contributed by atoms with van der Waals surface area (Å²) >= 11 is 1.68. The summed E-state index contributed by atoms with van der Waals surface area (Å²) < 4.78 is 0. The van der Waals surface area contributed by atoms with Crippen LogP contribution in [0.1, 0.15) is 17.0 Å². The van der Waals surface area contributed by atoms with Gasteiger partial charge in [0.1, 0.15) is 5.01 Å². The number of carbonyl (C=O) groups excluding carboxylic acids is 1. The first-order valence-electron chi connectivity index (χ1n) is 7.05. The highest BCUT2D eigenvalue weighted by atomic mass is 32.1. The van der Waals surface area contributed by atoms with Gasteiger partial charge in [0.25, 0.3) is 0 Å². The summed E-state index contributed by atoms with van der Waals surface area (Å²) in [5.74, 6) is 0.177. The normalized spacial score (nSPS) is 17.0. The SMILES string of the molecule is C=CCNC(=O)C1CCc2nc(-c3cccnc3)sc2C1. The molecule has 2 aromatic heterocycles. The van der Waals surface area contributed by atoms with Crippen LogP contribution in [0.15, 0.2) is 37.2 Å². The molecule has 5 heteroatoms. The van der Waals surface area contributed by atoms with Crippen LogP contribution in [0, 0.1) is 5.92 Å². The van der Waals surface area contributed by atoms with Gasteiger partial charge >= 0.3 is 0 Å². The zero-order valence-corrected chi connectivity index (χ0v) is 12.5. The molecule has 1 atom stereocenters. The van der Waals surface area contributed by atoms with E-state index in [1.165, 1.54) is 4.88 Å². The Bertz CT molecular complexity index is 651. The Morgan fingerprint density at radius 2 is 2.48 bits per heavy atom. The lowest BCUT2D eigenvalue weighted by molar-refractivity contribution is -0.125. The summed E-state index contributed by atoms with van der Waals surface area (Å²) in [7, 11) is 0. The lowest BCUT2D eigenvalue weighted by Crippen LogP contribution is -2.33. The van der Waals surface area contributed by atoms with Crippen molar-refractivity contribution < 1.29 is 4.79 Å². The first-order chi connectivity index (χ1) is 10.3. The molecule has 21 heavy (non-hydrogen) atoms. The van der Waals surface area contributed by atoms with E-state index in [4.69, 9.17) is 4.98 Å². The Morgan fingerprint density at radius 3 is 3.24 bits per heavy atom. The zero-order chi connectivity index (χ0) is 14.7. The van der Waals surface area contributed by atoms with Gasteiger partial charge in [0.15, 0.2) is 0 Å². The van der Waals surface area contributed by atoms with Crippen molar-refractivity contribution in [2.45, 2.75) is 19.3 Å². The third-order valence-corrected chi connectivity index (χ3v) is 4.81. The number of hydrogen-bond donors (Lipinski definition) is 1. The number of aromatic nitrogens is 2. The minimum atomic E-state index is 0.0552. The molecule has 4 nitrogen and oxygen atoms in total. The van der Waals surface area contributed by atoms with Gasteiger partial charge in [-0.15, -0.1) is 17.9 Å². The highest BCUT2D eigenvalue weighted by molar-refractivity contribution is 7.15. The van der Waals surface area contributed by atoms with Gasteiger partial charge in [-0.05, 0) is 31.4 Å². The van der Waals surface area contributed by atoms with E-state index in [9.17, 15) is 4.79 Å². The van der Waals surface area contributed by atoms with Crippen LogP contribution in [-0.2, 0) is 17.6 Å². The Labute approximate surface area is 128 Å². The molecule has 1 aliphatic carbocycles. The summed E-state index contributed by atoms with van der Waals surface area (Å²) in [6, 6.07) is 3.94. The number of carbonyl (C=O) groups is 1. The van der Waals surface area contributed by atoms with Gasteiger partial charge in [-0.1, -0.05) is 6.08 Å². The van der Waals surface area contributed by atoms with E-state index < -0.39 is 0 Å². The molecule has 0 saturated heterocycles. The molecule has 2 aromatic rings. The molecule has 108 valence electrons. The molecule has 0 aliphatic heterocycles. The molecule has 1 N–H and O–H groups in total. The molecular formula is C16H17N3OS. The molecule has 0 bridgehead atoms. The number of nitrogens with one attached hydrogen (secondary N) is 1. The molecule has 0 spiro atoms. The minimum Gasteiger partial charge on any atom is -0.352 e. The van der Waals surface area contributed by atoms with Gasteiger partial charge in [0.05, 0.1) is 5.69 Å². The van der Waals surface area contributed by atoms with E-state index >= 15 is 0 Å². The number of thiazole rings is 1. The van der Waals surface area contributed by atoms with Crippen molar-refractivity contribution in [1.82, 2.24) is 15.3 Å². The molecule has 0 radical (unpaired) electrons. The summed E-state index contributed by atoms with van der Waals surface area (Å²) in [5, 5.41) is 3.89. The monoisotopic (exact) mass is 299 g/mol. The molecule has 1 unspecified atom stereocenters. The number of pyridine rings is 1. The van der Waals surface area contributed by atoms with Crippen LogP contribution >= 0.6 is 11.3 Å². The van der Waals surface area contributed by atoms with Crippen molar-refractivity contribution in [1.29, 1.82) is 0 Å². The highest BCUT2D eigenvalue weighted by Crippen LogP contribution is 2.34. The molecule has 0 fully saturated rings. The van der Waals surface area contributed by atoms with E-state index in [0.29, 0.717) is 6.54 Å². The third kappa shape index (κ3) is 3.03. The van der Waals surface area contributed by atoms with E-state index in [1.807, 2.05) is 18.3 Å². The van der Waals surface area contributed by atoms with Crippen LogP contribution < -0.4 is 5.32 Å². The second-order valence-corrected chi connectivity index (χ2v) is 6.19. The Balaban J connectivity index is 1.76. The molecule has 0 aromatic carbocycles. The number of amides is 1. The number of rotatable bonds is 4. The third-order valence-electron chi connectivity index (χ3n) is 3.64. The fraction of sp³-hybridized carbons (Fsp3) is 0.312. The maximum Gasteiger partial charge on any atom is 0.223 e. The van der Waals surface area contributed by atoms with Crippen molar-refractivity contribution in [2.24, 2.45) is 5.92 Å². The van der Waals surface area contributed by atoms with E-state index in [-0.39, 0.29) is 11.8 Å². The standard InChI is InChI=1S/C16H17N3OS/c1-2-7-18-15(20)11-5-6-13-14(9-11)21-16(19-13)12-4-3-8-17-10-12/h2-4,8,10-11H,1,5-7,9H2,(H,18,20). The van der Waals surface area contributed by atoms with Crippen LogP contribution in [0.2, 0.25) is 0 Å². The van der Waals surface area contributed by atoms with E-state index in [2.05, 4.69) is 16.9 Å². The fourth-order valence-corrected chi connectivity index (χ4v) is 3.71. The molecule has 3 rings (SSSR count). The van der Waals surface area contributed by atoms with Gasteiger partial charge in [0.2, 0.25) is 5.91 Å². The molecule has 1 aliphatic rings. The molecule has 1 amide bonds. The van der Waals surface area contributed by atoms with Gasteiger partial charge in [-0.25, -0.2) is 4.98 Å². The highest BCUT2D eigenvalue weighted by Gasteiger charge is 2.27. The number of aryl methyl sites for hydroxylation is 1. The number of hydrogen-bond acceptors (Lipinski definition) is 4. The van der Waals surface area contributed by atoms with Gasteiger partial charge < -0.3 is 5.32 Å². The summed E-state index contributed by atoms with van der Waals surface area (Å²) in [6.45, 7) is 4.16. The Kier molecular flexibility index (Phi) is 4.10. The van der Waals surface area contributed by atoms with Gasteiger partial charge in [0, 0.05) is 35.3 Å². The summed E-state index contributed by atoms with van der Waals surface area (Å²) in [5.41, 5.74) is 2.19. The Morgan fingerprint density at radius 1 is 1.57 bits per heavy atom. The van der Waals surface area contributed by atoms with Crippen LogP contribution in [0.4, 0.5) is 0 Å². The van der Waals surface area contributed by atoms with Crippen molar-refractivity contribution >= 4 is 17.2 Å². The van der Waals surface area contributed by atoms with Crippen LogP contribution in [0.25, 0.3) is 10.6 Å². The quantitative estimate of drug-likeness (QED) is 0.883. The first kappa shape index (κ1) is 13.9. The molecular weight excluding hydrogens is 282 g/mol. The van der Waals surface area contributed by atoms with E-state index in [0.717, 1.165) is 35.5 Å². The average molecular weight is 299 g/mol. The average Bonchev–Trinajstić information content (AvgIpc) is 2.96. The summed E-state index contributed by atoms with van der Waals surface area (Å²) in [6.07, 6.45) is 7.83. The second-order valence-electron chi connectivity index (χ2n) is 5.10. The second kappa shape index (κ2) is 6.18. The predicted octanol–water partition coefficient (Wildman–Crippen LogP) is 2.61. The first-order valence-corrected chi connectivity index (χ1v) is 7.87. The largest absolute Gasteiger partial charge is 0.352 e. The van der Waals surface area contributed by atoms with Crippen molar-refractivity contribution in [3.05, 3.63) is 47.8 Å². The Hall–Kier alpha value is -2.01. The maximum absolute atomic E-state index is 12.1. The van der Waals surface area contributed by atoms with Gasteiger partial charge in [-0.2, -0.15) is 0 Å². The minimum absolute atomic E-state index is 0.0552. The number of nitrogens with zero attached hydrogens (tertiary/aromatic N) is 2. The topological polar surface area (TPSA) is 54.9 Å².